The minimum atomic E-state index is -0.333. The molecule has 4 aromatic rings. The summed E-state index contributed by atoms with van der Waals surface area (Å²) < 4.78 is 21.6. The van der Waals surface area contributed by atoms with Crippen molar-refractivity contribution in [3.05, 3.63) is 89.2 Å². The number of hydrogen-bond donors (Lipinski definition) is 0. The number of rotatable bonds is 6. The average Bonchev–Trinajstić information content (AvgIpc) is 3.17. The molecule has 146 valence electrons. The molecule has 0 aliphatic heterocycles. The van der Waals surface area contributed by atoms with Crippen LogP contribution in [0.4, 0.5) is 4.39 Å². The molecular formula is C22H17ClFN3OS. The zero-order valence-electron chi connectivity index (χ0n) is 15.5. The molecule has 0 saturated heterocycles. The predicted octanol–water partition coefficient (Wildman–Crippen LogP) is 6.03. The highest BCUT2D eigenvalue weighted by atomic mass is 35.5. The van der Waals surface area contributed by atoms with Gasteiger partial charge in [-0.2, -0.15) is 0 Å². The topological polar surface area (TPSA) is 39.9 Å². The van der Waals surface area contributed by atoms with Crippen LogP contribution in [-0.2, 0) is 5.75 Å². The SMILES string of the molecule is COc1ccccc1-c1nnc(SCc2c(F)cccc2Cl)n1-c1ccccc1. The minimum Gasteiger partial charge on any atom is -0.496 e. The molecule has 4 nitrogen and oxygen atoms in total. The molecule has 0 fully saturated rings. The first kappa shape index (κ1) is 19.5. The zero-order chi connectivity index (χ0) is 20.2. The second kappa shape index (κ2) is 8.68. The van der Waals surface area contributed by atoms with Gasteiger partial charge in [0.2, 0.25) is 0 Å². The third kappa shape index (κ3) is 3.99. The average molecular weight is 426 g/mol. The van der Waals surface area contributed by atoms with Crippen LogP contribution < -0.4 is 4.74 Å². The molecule has 0 bridgehead atoms. The molecule has 3 aromatic carbocycles. The van der Waals surface area contributed by atoms with E-state index >= 15 is 0 Å². The molecule has 0 saturated carbocycles. The lowest BCUT2D eigenvalue weighted by atomic mass is 10.2. The van der Waals surface area contributed by atoms with Gasteiger partial charge in [0.1, 0.15) is 11.6 Å². The van der Waals surface area contributed by atoms with E-state index in [-0.39, 0.29) is 5.82 Å². The Morgan fingerprint density at radius 3 is 2.48 bits per heavy atom. The Balaban J connectivity index is 1.78. The fraction of sp³-hybridized carbons (Fsp3) is 0.0909. The summed E-state index contributed by atoms with van der Waals surface area (Å²) in [6.07, 6.45) is 0. The number of hydrogen-bond acceptors (Lipinski definition) is 4. The number of para-hydroxylation sites is 2. The van der Waals surface area contributed by atoms with Crippen LogP contribution in [0.15, 0.2) is 78.0 Å². The minimum absolute atomic E-state index is 0.333. The number of thioether (sulfide) groups is 1. The van der Waals surface area contributed by atoms with Crippen molar-refractivity contribution in [1.82, 2.24) is 14.8 Å². The summed E-state index contributed by atoms with van der Waals surface area (Å²) in [7, 11) is 1.62. The van der Waals surface area contributed by atoms with Gasteiger partial charge in [-0.05, 0) is 36.4 Å². The number of halogens is 2. The summed E-state index contributed by atoms with van der Waals surface area (Å²) >= 11 is 7.56. The van der Waals surface area contributed by atoms with Crippen LogP contribution >= 0.6 is 23.4 Å². The monoisotopic (exact) mass is 425 g/mol. The number of benzene rings is 3. The van der Waals surface area contributed by atoms with E-state index in [9.17, 15) is 4.39 Å². The van der Waals surface area contributed by atoms with Gasteiger partial charge in [0.25, 0.3) is 0 Å². The van der Waals surface area contributed by atoms with E-state index in [1.807, 2.05) is 59.2 Å². The molecule has 0 radical (unpaired) electrons. The van der Waals surface area contributed by atoms with Gasteiger partial charge in [-0.25, -0.2) is 4.39 Å². The first-order valence-electron chi connectivity index (χ1n) is 8.89. The molecule has 0 amide bonds. The quantitative estimate of drug-likeness (QED) is 0.354. The van der Waals surface area contributed by atoms with Gasteiger partial charge in [-0.1, -0.05) is 59.8 Å². The highest BCUT2D eigenvalue weighted by Crippen LogP contribution is 2.35. The van der Waals surface area contributed by atoms with Crippen LogP contribution in [0.1, 0.15) is 5.56 Å². The Bertz CT molecular complexity index is 1110. The molecule has 29 heavy (non-hydrogen) atoms. The molecule has 1 heterocycles. The fourth-order valence-corrected chi connectivity index (χ4v) is 4.28. The van der Waals surface area contributed by atoms with Crippen molar-refractivity contribution >= 4 is 23.4 Å². The molecule has 1 aromatic heterocycles. The van der Waals surface area contributed by atoms with Gasteiger partial charge in [-0.15, -0.1) is 10.2 Å². The first-order valence-corrected chi connectivity index (χ1v) is 10.3. The molecule has 0 aliphatic rings. The van der Waals surface area contributed by atoms with Gasteiger partial charge in [0, 0.05) is 22.0 Å². The Morgan fingerprint density at radius 2 is 1.72 bits per heavy atom. The van der Waals surface area contributed by atoms with Crippen molar-refractivity contribution in [2.75, 3.05) is 7.11 Å². The Labute approximate surface area is 177 Å². The van der Waals surface area contributed by atoms with E-state index < -0.39 is 0 Å². The summed E-state index contributed by atoms with van der Waals surface area (Å²) in [5.74, 6) is 1.35. The molecule has 0 unspecified atom stereocenters. The number of methoxy groups -OCH3 is 1. The summed E-state index contributed by atoms with van der Waals surface area (Å²) in [5, 5.41) is 9.82. The second-order valence-electron chi connectivity index (χ2n) is 6.17. The zero-order valence-corrected chi connectivity index (χ0v) is 17.1. The van der Waals surface area contributed by atoms with Crippen LogP contribution in [0.25, 0.3) is 17.1 Å². The number of ether oxygens (including phenoxy) is 1. The summed E-state index contributed by atoms with van der Waals surface area (Å²) in [6, 6.07) is 22.1. The largest absolute Gasteiger partial charge is 0.496 e. The molecule has 4 rings (SSSR count). The van der Waals surface area contributed by atoms with Gasteiger partial charge in [0.15, 0.2) is 11.0 Å². The highest BCUT2D eigenvalue weighted by molar-refractivity contribution is 7.98. The third-order valence-electron chi connectivity index (χ3n) is 4.40. The van der Waals surface area contributed by atoms with E-state index in [0.29, 0.717) is 33.1 Å². The van der Waals surface area contributed by atoms with Crippen molar-refractivity contribution in [1.29, 1.82) is 0 Å². The maximum Gasteiger partial charge on any atom is 0.196 e. The molecular weight excluding hydrogens is 409 g/mol. The summed E-state index contributed by atoms with van der Waals surface area (Å²) in [4.78, 5) is 0. The van der Waals surface area contributed by atoms with E-state index in [1.165, 1.54) is 17.8 Å². The van der Waals surface area contributed by atoms with Crippen molar-refractivity contribution in [3.8, 4) is 22.8 Å². The number of aromatic nitrogens is 3. The van der Waals surface area contributed by atoms with Crippen LogP contribution in [0.5, 0.6) is 5.75 Å². The lowest BCUT2D eigenvalue weighted by Gasteiger charge is -2.12. The second-order valence-corrected chi connectivity index (χ2v) is 7.52. The van der Waals surface area contributed by atoms with E-state index in [2.05, 4.69) is 10.2 Å². The smallest absolute Gasteiger partial charge is 0.196 e. The third-order valence-corrected chi connectivity index (χ3v) is 5.71. The Morgan fingerprint density at radius 1 is 0.966 bits per heavy atom. The normalized spacial score (nSPS) is 10.9. The standard InChI is InChI=1S/C22H17ClFN3OS/c1-28-20-13-6-5-10-16(20)21-25-26-22(27(21)15-8-3-2-4-9-15)29-14-17-18(23)11-7-12-19(17)24/h2-13H,14H2,1H3. The maximum absolute atomic E-state index is 14.2. The molecule has 0 aliphatic carbocycles. The van der Waals surface area contributed by atoms with Crippen molar-refractivity contribution < 1.29 is 9.13 Å². The molecule has 0 N–H and O–H groups in total. The molecule has 0 atom stereocenters. The van der Waals surface area contributed by atoms with Crippen molar-refractivity contribution in [2.24, 2.45) is 0 Å². The fourth-order valence-electron chi connectivity index (χ4n) is 2.98. The lowest BCUT2D eigenvalue weighted by Crippen LogP contribution is -2.01. The lowest BCUT2D eigenvalue weighted by molar-refractivity contribution is 0.416. The van der Waals surface area contributed by atoms with Gasteiger partial charge in [-0.3, -0.25) is 4.57 Å². The first-order chi connectivity index (χ1) is 14.2. The summed E-state index contributed by atoms with van der Waals surface area (Å²) in [5.41, 5.74) is 2.17. The van der Waals surface area contributed by atoms with Crippen LogP contribution in [0.3, 0.4) is 0 Å². The van der Waals surface area contributed by atoms with Crippen LogP contribution in [-0.4, -0.2) is 21.9 Å². The highest BCUT2D eigenvalue weighted by Gasteiger charge is 2.19. The van der Waals surface area contributed by atoms with Crippen molar-refractivity contribution in [2.45, 2.75) is 10.9 Å². The maximum atomic E-state index is 14.2. The Kier molecular flexibility index (Phi) is 5.83. The predicted molar refractivity (Wildman–Crippen MR) is 114 cm³/mol. The number of nitrogens with zero attached hydrogens (tertiary/aromatic N) is 3. The van der Waals surface area contributed by atoms with Crippen LogP contribution in [0, 0.1) is 5.82 Å². The molecule has 0 spiro atoms. The van der Waals surface area contributed by atoms with E-state index in [0.717, 1.165) is 11.3 Å². The van der Waals surface area contributed by atoms with Gasteiger partial charge < -0.3 is 4.74 Å². The Hall–Kier alpha value is -2.83. The summed E-state index contributed by atoms with van der Waals surface area (Å²) in [6.45, 7) is 0. The van der Waals surface area contributed by atoms with Gasteiger partial charge >= 0.3 is 0 Å². The van der Waals surface area contributed by atoms with Crippen LogP contribution in [0.2, 0.25) is 5.02 Å². The van der Waals surface area contributed by atoms with Crippen molar-refractivity contribution in [3.63, 3.8) is 0 Å². The van der Waals surface area contributed by atoms with E-state index in [1.54, 1.807) is 19.2 Å². The van der Waals surface area contributed by atoms with Gasteiger partial charge in [0.05, 0.1) is 12.7 Å². The van der Waals surface area contributed by atoms with E-state index in [4.69, 9.17) is 16.3 Å². The molecule has 7 heteroatoms.